The SMILES string of the molecule is NC(=O)CNCCCCF. The first-order chi connectivity index (χ1) is 4.77. The zero-order chi connectivity index (χ0) is 7.82. The van der Waals surface area contributed by atoms with E-state index in [1.54, 1.807) is 0 Å². The molecule has 0 rings (SSSR count). The van der Waals surface area contributed by atoms with Gasteiger partial charge in [-0.2, -0.15) is 0 Å². The fourth-order valence-corrected chi connectivity index (χ4v) is 0.556. The lowest BCUT2D eigenvalue weighted by atomic mass is 10.3. The van der Waals surface area contributed by atoms with Gasteiger partial charge >= 0.3 is 0 Å². The Balaban J connectivity index is 2.84. The van der Waals surface area contributed by atoms with Gasteiger partial charge in [0.15, 0.2) is 0 Å². The van der Waals surface area contributed by atoms with Crippen molar-refractivity contribution in [2.45, 2.75) is 12.8 Å². The van der Waals surface area contributed by atoms with Gasteiger partial charge in [-0.15, -0.1) is 0 Å². The molecule has 0 unspecified atom stereocenters. The van der Waals surface area contributed by atoms with Gasteiger partial charge < -0.3 is 11.1 Å². The van der Waals surface area contributed by atoms with E-state index in [2.05, 4.69) is 5.32 Å². The topological polar surface area (TPSA) is 55.1 Å². The summed E-state index contributed by atoms with van der Waals surface area (Å²) in [6.07, 6.45) is 1.30. The van der Waals surface area contributed by atoms with Crippen molar-refractivity contribution in [2.24, 2.45) is 5.73 Å². The van der Waals surface area contributed by atoms with Crippen LogP contribution in [0.3, 0.4) is 0 Å². The molecule has 0 bridgehead atoms. The molecule has 60 valence electrons. The zero-order valence-corrected chi connectivity index (χ0v) is 5.90. The van der Waals surface area contributed by atoms with E-state index >= 15 is 0 Å². The highest BCUT2D eigenvalue weighted by Crippen LogP contribution is 1.85. The molecule has 0 spiro atoms. The van der Waals surface area contributed by atoms with Crippen LogP contribution in [0.25, 0.3) is 0 Å². The highest BCUT2D eigenvalue weighted by Gasteiger charge is 1.91. The van der Waals surface area contributed by atoms with Crippen molar-refractivity contribution < 1.29 is 9.18 Å². The Kier molecular flexibility index (Phi) is 6.06. The molecule has 0 radical (unpaired) electrons. The number of carbonyl (C=O) groups excluding carboxylic acids is 1. The van der Waals surface area contributed by atoms with Crippen molar-refractivity contribution in [1.29, 1.82) is 0 Å². The second-order valence-electron chi connectivity index (χ2n) is 2.04. The van der Waals surface area contributed by atoms with Gasteiger partial charge in [0, 0.05) is 0 Å². The monoisotopic (exact) mass is 148 g/mol. The molecule has 0 aliphatic carbocycles. The number of hydrogen-bond acceptors (Lipinski definition) is 2. The van der Waals surface area contributed by atoms with Gasteiger partial charge in [-0.05, 0) is 19.4 Å². The standard InChI is InChI=1S/C6H13FN2O/c7-3-1-2-4-9-5-6(8)10/h9H,1-5H2,(H2,8,10). The molecule has 0 aromatic carbocycles. The van der Waals surface area contributed by atoms with E-state index in [1.807, 2.05) is 0 Å². The van der Waals surface area contributed by atoms with Crippen LogP contribution in [-0.2, 0) is 4.79 Å². The minimum atomic E-state index is -0.375. The van der Waals surface area contributed by atoms with E-state index in [4.69, 9.17) is 5.73 Å². The number of halogens is 1. The first-order valence-corrected chi connectivity index (χ1v) is 3.32. The average Bonchev–Trinajstić information content (AvgIpc) is 1.87. The van der Waals surface area contributed by atoms with Crippen molar-refractivity contribution in [1.82, 2.24) is 5.32 Å². The van der Waals surface area contributed by atoms with Gasteiger partial charge in [0.1, 0.15) is 0 Å². The molecule has 0 atom stereocenters. The van der Waals surface area contributed by atoms with Crippen LogP contribution < -0.4 is 11.1 Å². The molecule has 0 aliphatic heterocycles. The fraction of sp³-hybridized carbons (Fsp3) is 0.833. The van der Waals surface area contributed by atoms with Crippen molar-refractivity contribution in [3.8, 4) is 0 Å². The van der Waals surface area contributed by atoms with Crippen LogP contribution in [0.4, 0.5) is 4.39 Å². The van der Waals surface area contributed by atoms with Gasteiger partial charge in [0.05, 0.1) is 13.2 Å². The third-order valence-electron chi connectivity index (χ3n) is 1.04. The molecule has 0 heterocycles. The Hall–Kier alpha value is -0.640. The summed E-state index contributed by atoms with van der Waals surface area (Å²) >= 11 is 0. The Bertz CT molecular complexity index is 97.7. The molecule has 0 aromatic heterocycles. The van der Waals surface area contributed by atoms with Crippen LogP contribution in [-0.4, -0.2) is 25.7 Å². The maximum absolute atomic E-state index is 11.5. The lowest BCUT2D eigenvalue weighted by molar-refractivity contribution is -0.117. The van der Waals surface area contributed by atoms with E-state index in [-0.39, 0.29) is 19.1 Å². The van der Waals surface area contributed by atoms with Crippen LogP contribution in [0.2, 0.25) is 0 Å². The molecule has 0 aromatic rings. The van der Waals surface area contributed by atoms with Gasteiger partial charge in [0.2, 0.25) is 5.91 Å². The van der Waals surface area contributed by atoms with Crippen LogP contribution >= 0.6 is 0 Å². The predicted molar refractivity (Wildman–Crippen MR) is 37.3 cm³/mol. The lowest BCUT2D eigenvalue weighted by Crippen LogP contribution is -2.29. The van der Waals surface area contributed by atoms with Gasteiger partial charge in [0.25, 0.3) is 0 Å². The molecular formula is C6H13FN2O. The zero-order valence-electron chi connectivity index (χ0n) is 5.90. The summed E-state index contributed by atoms with van der Waals surface area (Å²) in [5.41, 5.74) is 4.83. The number of nitrogens with two attached hydrogens (primary N) is 1. The van der Waals surface area contributed by atoms with Crippen LogP contribution in [0.5, 0.6) is 0 Å². The van der Waals surface area contributed by atoms with Gasteiger partial charge in [-0.25, -0.2) is 0 Å². The molecule has 10 heavy (non-hydrogen) atoms. The number of hydrogen-bond donors (Lipinski definition) is 2. The molecule has 3 N–H and O–H groups in total. The quantitative estimate of drug-likeness (QED) is 0.513. The van der Waals surface area contributed by atoms with Gasteiger partial charge in [-0.1, -0.05) is 0 Å². The highest BCUT2D eigenvalue weighted by atomic mass is 19.1. The minimum Gasteiger partial charge on any atom is -0.369 e. The van der Waals surface area contributed by atoms with E-state index in [0.29, 0.717) is 13.0 Å². The summed E-state index contributed by atoms with van der Waals surface area (Å²) in [5.74, 6) is -0.375. The molecule has 4 heteroatoms. The Labute approximate surface area is 59.8 Å². The third-order valence-corrected chi connectivity index (χ3v) is 1.04. The first kappa shape index (κ1) is 9.36. The summed E-state index contributed by atoms with van der Waals surface area (Å²) in [7, 11) is 0. The molecule has 0 saturated carbocycles. The number of rotatable bonds is 6. The Morgan fingerprint density at radius 3 is 2.70 bits per heavy atom. The molecule has 3 nitrogen and oxygen atoms in total. The molecular weight excluding hydrogens is 135 g/mol. The number of unbranched alkanes of at least 4 members (excludes halogenated alkanes) is 1. The second-order valence-corrected chi connectivity index (χ2v) is 2.04. The summed E-state index contributed by atoms with van der Waals surface area (Å²) in [4.78, 5) is 10.1. The third kappa shape index (κ3) is 7.36. The summed E-state index contributed by atoms with van der Waals surface area (Å²) < 4.78 is 11.5. The molecule has 1 amide bonds. The van der Waals surface area contributed by atoms with Gasteiger partial charge in [-0.3, -0.25) is 9.18 Å². The van der Waals surface area contributed by atoms with E-state index in [9.17, 15) is 9.18 Å². The number of carbonyl (C=O) groups is 1. The average molecular weight is 148 g/mol. The molecule has 0 saturated heterocycles. The first-order valence-electron chi connectivity index (χ1n) is 3.32. The normalized spacial score (nSPS) is 9.70. The number of nitrogens with one attached hydrogen (secondary N) is 1. The van der Waals surface area contributed by atoms with E-state index in [1.165, 1.54) is 0 Å². The number of alkyl halides is 1. The smallest absolute Gasteiger partial charge is 0.231 e. The van der Waals surface area contributed by atoms with Crippen LogP contribution in [0.15, 0.2) is 0 Å². The molecule has 0 aliphatic rings. The fourth-order valence-electron chi connectivity index (χ4n) is 0.556. The molecule has 0 fully saturated rings. The largest absolute Gasteiger partial charge is 0.369 e. The van der Waals surface area contributed by atoms with E-state index < -0.39 is 0 Å². The minimum absolute atomic E-state index is 0.187. The van der Waals surface area contributed by atoms with E-state index in [0.717, 1.165) is 6.42 Å². The van der Waals surface area contributed by atoms with Crippen molar-refractivity contribution in [3.05, 3.63) is 0 Å². The van der Waals surface area contributed by atoms with Crippen LogP contribution in [0.1, 0.15) is 12.8 Å². The Morgan fingerprint density at radius 1 is 1.50 bits per heavy atom. The van der Waals surface area contributed by atoms with Crippen molar-refractivity contribution in [2.75, 3.05) is 19.8 Å². The second kappa shape index (κ2) is 6.48. The number of primary amides is 1. The van der Waals surface area contributed by atoms with Crippen molar-refractivity contribution >= 4 is 5.91 Å². The van der Waals surface area contributed by atoms with Crippen molar-refractivity contribution in [3.63, 3.8) is 0 Å². The highest BCUT2D eigenvalue weighted by molar-refractivity contribution is 5.75. The lowest BCUT2D eigenvalue weighted by Gasteiger charge is -1.98. The summed E-state index contributed by atoms with van der Waals surface area (Å²) in [6, 6.07) is 0. The predicted octanol–water partition coefficient (Wildman–Crippen LogP) is -0.189. The maximum atomic E-state index is 11.5. The number of amides is 1. The summed E-state index contributed by atoms with van der Waals surface area (Å²) in [5, 5.41) is 2.78. The Morgan fingerprint density at radius 2 is 2.20 bits per heavy atom. The maximum Gasteiger partial charge on any atom is 0.231 e. The van der Waals surface area contributed by atoms with Crippen LogP contribution in [0, 0.1) is 0 Å². The summed E-state index contributed by atoms with van der Waals surface area (Å²) in [6.45, 7) is 0.553.